The lowest BCUT2D eigenvalue weighted by atomic mass is 10.1. The molecule has 0 N–H and O–H groups in total. The van der Waals surface area contributed by atoms with Crippen molar-refractivity contribution in [1.82, 2.24) is 0 Å². The molecule has 1 atom stereocenters. The third kappa shape index (κ3) is 13.5. The van der Waals surface area contributed by atoms with Crippen molar-refractivity contribution in [3.8, 4) is 0 Å². The molecule has 0 aliphatic carbocycles. The van der Waals surface area contributed by atoms with Gasteiger partial charge in [-0.15, -0.1) is 0 Å². The molecule has 5 heteroatoms. The summed E-state index contributed by atoms with van der Waals surface area (Å²) in [7, 11) is -2.19. The van der Waals surface area contributed by atoms with E-state index < -0.39 is 8.03 Å². The number of esters is 1. The molecule has 0 aliphatic rings. The SMILES string of the molecule is CCC(=O)OCCCCCCCCC[P+](=O)[O-]. The van der Waals surface area contributed by atoms with Gasteiger partial charge in [0.05, 0.1) is 6.61 Å². The van der Waals surface area contributed by atoms with E-state index in [1.54, 1.807) is 6.92 Å². The van der Waals surface area contributed by atoms with Crippen molar-refractivity contribution in [3.63, 3.8) is 0 Å². The van der Waals surface area contributed by atoms with Crippen LogP contribution in [0, 0.1) is 0 Å². The van der Waals surface area contributed by atoms with Crippen LogP contribution in [0.15, 0.2) is 0 Å². The number of carbonyl (C=O) groups is 1. The summed E-state index contributed by atoms with van der Waals surface area (Å²) in [6.45, 7) is 2.32. The third-order valence-corrected chi connectivity index (χ3v) is 3.22. The molecule has 0 amide bonds. The Morgan fingerprint density at radius 2 is 1.59 bits per heavy atom. The van der Waals surface area contributed by atoms with Crippen LogP contribution in [-0.2, 0) is 14.1 Å². The highest BCUT2D eigenvalue weighted by molar-refractivity contribution is 7.36. The standard InChI is InChI=1S/C12H23O4P/c1-2-12(13)16-10-8-6-4-3-5-7-9-11-17(14)15/h2-11H2,1H3. The maximum absolute atomic E-state index is 10.8. The van der Waals surface area contributed by atoms with Crippen molar-refractivity contribution in [3.05, 3.63) is 0 Å². The Labute approximate surface area is 105 Å². The summed E-state index contributed by atoms with van der Waals surface area (Å²) in [6.07, 6.45) is 7.92. The zero-order chi connectivity index (χ0) is 12.9. The summed E-state index contributed by atoms with van der Waals surface area (Å²) in [5, 5.41) is 0. The van der Waals surface area contributed by atoms with Gasteiger partial charge in [-0.2, -0.15) is 0 Å². The van der Waals surface area contributed by atoms with Crippen molar-refractivity contribution in [2.75, 3.05) is 12.8 Å². The molecule has 0 fully saturated rings. The number of carbonyl (C=O) groups excluding carboxylic acids is 1. The maximum atomic E-state index is 10.8. The molecule has 17 heavy (non-hydrogen) atoms. The minimum absolute atomic E-state index is 0.128. The van der Waals surface area contributed by atoms with Crippen LogP contribution >= 0.6 is 8.03 Å². The normalized spacial score (nSPS) is 11.3. The van der Waals surface area contributed by atoms with E-state index in [1.807, 2.05) is 0 Å². The molecule has 0 saturated heterocycles. The van der Waals surface area contributed by atoms with Gasteiger partial charge < -0.3 is 9.63 Å². The highest BCUT2D eigenvalue weighted by Gasteiger charge is 2.00. The van der Waals surface area contributed by atoms with Gasteiger partial charge in [-0.25, -0.2) is 0 Å². The van der Waals surface area contributed by atoms with Gasteiger partial charge in [0, 0.05) is 6.42 Å². The molecule has 100 valence electrons. The summed E-state index contributed by atoms with van der Waals surface area (Å²) < 4.78 is 15.2. The predicted molar refractivity (Wildman–Crippen MR) is 66.0 cm³/mol. The molecule has 1 unspecified atom stereocenters. The van der Waals surface area contributed by atoms with E-state index in [1.165, 1.54) is 0 Å². The lowest BCUT2D eigenvalue weighted by Gasteiger charge is -2.03. The summed E-state index contributed by atoms with van der Waals surface area (Å²) in [5.74, 6) is -0.128. The molecular weight excluding hydrogens is 239 g/mol. The highest BCUT2D eigenvalue weighted by Crippen LogP contribution is 2.13. The van der Waals surface area contributed by atoms with Gasteiger partial charge in [-0.05, 0) is 19.3 Å². The molecule has 0 bridgehead atoms. The van der Waals surface area contributed by atoms with Crippen LogP contribution in [0.1, 0.15) is 58.3 Å². The Hall–Kier alpha value is -0.470. The Morgan fingerprint density at radius 1 is 1.06 bits per heavy atom. The first-order chi connectivity index (χ1) is 8.16. The topological polar surface area (TPSA) is 66.4 Å². The number of hydrogen-bond acceptors (Lipinski definition) is 4. The minimum atomic E-state index is -2.19. The van der Waals surface area contributed by atoms with Gasteiger partial charge in [0.2, 0.25) is 0 Å². The lowest BCUT2D eigenvalue weighted by molar-refractivity contribution is -0.164. The van der Waals surface area contributed by atoms with Crippen LogP contribution < -0.4 is 4.89 Å². The van der Waals surface area contributed by atoms with Crippen LogP contribution in [-0.4, -0.2) is 18.7 Å². The maximum Gasteiger partial charge on any atom is 0.308 e. The van der Waals surface area contributed by atoms with E-state index in [0.29, 0.717) is 19.2 Å². The Bertz CT molecular complexity index is 219. The average Bonchev–Trinajstić information content (AvgIpc) is 2.30. The van der Waals surface area contributed by atoms with Gasteiger partial charge in [0.25, 0.3) is 0 Å². The molecule has 0 aliphatic heterocycles. The fourth-order valence-electron chi connectivity index (χ4n) is 1.51. The zero-order valence-corrected chi connectivity index (χ0v) is 11.5. The largest absolute Gasteiger partial charge is 0.596 e. The number of rotatable bonds is 11. The molecule has 0 saturated carbocycles. The van der Waals surface area contributed by atoms with E-state index >= 15 is 0 Å². The highest BCUT2D eigenvalue weighted by atomic mass is 31.1. The third-order valence-electron chi connectivity index (χ3n) is 2.54. The summed E-state index contributed by atoms with van der Waals surface area (Å²) in [4.78, 5) is 21.1. The first-order valence-corrected chi connectivity index (χ1v) is 7.80. The van der Waals surface area contributed by atoms with Crippen molar-refractivity contribution in [2.45, 2.75) is 58.3 Å². The number of hydrogen-bond donors (Lipinski definition) is 0. The van der Waals surface area contributed by atoms with Gasteiger partial charge in [-0.1, -0.05) is 37.2 Å². The molecule has 0 aromatic carbocycles. The quantitative estimate of drug-likeness (QED) is 0.326. The second kappa shape index (κ2) is 12.0. The van der Waals surface area contributed by atoms with Gasteiger partial charge in [0.15, 0.2) is 0 Å². The van der Waals surface area contributed by atoms with E-state index in [9.17, 15) is 14.3 Å². The molecule has 4 nitrogen and oxygen atoms in total. The van der Waals surface area contributed by atoms with Gasteiger partial charge in [-0.3, -0.25) is 4.79 Å². The summed E-state index contributed by atoms with van der Waals surface area (Å²) in [6, 6.07) is 0. The Kier molecular flexibility index (Phi) is 11.7. The van der Waals surface area contributed by atoms with Crippen LogP contribution in [0.4, 0.5) is 0 Å². The summed E-state index contributed by atoms with van der Waals surface area (Å²) in [5.41, 5.74) is 0. The molecule has 0 radical (unpaired) electrons. The average molecular weight is 262 g/mol. The van der Waals surface area contributed by atoms with Crippen molar-refractivity contribution in [1.29, 1.82) is 0 Å². The van der Waals surface area contributed by atoms with Crippen LogP contribution in [0.25, 0.3) is 0 Å². The van der Waals surface area contributed by atoms with Crippen LogP contribution in [0.5, 0.6) is 0 Å². The van der Waals surface area contributed by atoms with Crippen LogP contribution in [0.2, 0.25) is 0 Å². The van der Waals surface area contributed by atoms with Crippen molar-refractivity contribution < 1.29 is 19.0 Å². The minimum Gasteiger partial charge on any atom is -0.596 e. The summed E-state index contributed by atoms with van der Waals surface area (Å²) >= 11 is 0. The fraction of sp³-hybridized carbons (Fsp3) is 0.917. The van der Waals surface area contributed by atoms with E-state index in [4.69, 9.17) is 4.74 Å². The number of unbranched alkanes of at least 4 members (excludes halogenated alkanes) is 6. The lowest BCUT2D eigenvalue weighted by Crippen LogP contribution is -2.03. The molecule has 0 aromatic heterocycles. The number of ether oxygens (including phenoxy) is 1. The zero-order valence-electron chi connectivity index (χ0n) is 10.7. The van der Waals surface area contributed by atoms with Crippen LogP contribution in [0.3, 0.4) is 0 Å². The Morgan fingerprint density at radius 3 is 2.12 bits per heavy atom. The van der Waals surface area contributed by atoms with E-state index in [0.717, 1.165) is 44.9 Å². The fourth-order valence-corrected chi connectivity index (χ4v) is 2.00. The Balaban J connectivity index is 3.03. The predicted octanol–water partition coefficient (Wildman–Crippen LogP) is 2.77. The first kappa shape index (κ1) is 16.5. The second-order valence-corrected chi connectivity index (χ2v) is 5.22. The second-order valence-electron chi connectivity index (χ2n) is 4.11. The smallest absolute Gasteiger partial charge is 0.308 e. The first-order valence-electron chi connectivity index (χ1n) is 6.44. The van der Waals surface area contributed by atoms with Crippen molar-refractivity contribution >= 4 is 14.0 Å². The monoisotopic (exact) mass is 262 g/mol. The molecule has 0 spiro atoms. The van der Waals surface area contributed by atoms with Gasteiger partial charge in [0.1, 0.15) is 6.16 Å². The molecule has 0 aromatic rings. The van der Waals surface area contributed by atoms with Gasteiger partial charge >= 0.3 is 14.0 Å². The van der Waals surface area contributed by atoms with Crippen molar-refractivity contribution in [2.24, 2.45) is 0 Å². The van der Waals surface area contributed by atoms with E-state index in [-0.39, 0.29) is 5.97 Å². The molecular formula is C12H23O4P. The molecule has 0 rings (SSSR count). The molecule has 0 heterocycles. The van der Waals surface area contributed by atoms with E-state index in [2.05, 4.69) is 0 Å².